The highest BCUT2D eigenvalue weighted by atomic mass is 35.5. The van der Waals surface area contributed by atoms with Gasteiger partial charge in [-0.1, -0.05) is 0 Å². The van der Waals surface area contributed by atoms with Gasteiger partial charge in [-0.15, -0.1) is 0 Å². The molecule has 3 N–H and O–H groups in total. The fourth-order valence-electron chi connectivity index (χ4n) is 1.23. The molecule has 88 valence electrons. The van der Waals surface area contributed by atoms with Gasteiger partial charge in [-0.25, -0.2) is 9.37 Å². The molecule has 0 bridgehead atoms. The summed E-state index contributed by atoms with van der Waals surface area (Å²) in [5.74, 6) is -1.17. The van der Waals surface area contributed by atoms with Gasteiger partial charge in [-0.05, 0) is 25.4 Å². The highest BCUT2D eigenvalue weighted by Gasteiger charge is 2.22. The lowest BCUT2D eigenvalue weighted by molar-refractivity contribution is -0.118. The molecule has 0 fully saturated rings. The van der Waals surface area contributed by atoms with E-state index in [2.05, 4.69) is 15.3 Å². The van der Waals surface area contributed by atoms with Crippen LogP contribution < -0.4 is 11.1 Å². The molecule has 1 heterocycles. The topological polar surface area (TPSA) is 80.9 Å². The number of aromatic nitrogens is 2. The average molecular weight is 247 g/mol. The molecule has 7 heteroatoms. The summed E-state index contributed by atoms with van der Waals surface area (Å²) >= 11 is 5.53. The van der Waals surface area contributed by atoms with Gasteiger partial charge < -0.3 is 11.1 Å². The van der Waals surface area contributed by atoms with Gasteiger partial charge in [-0.2, -0.15) is 4.98 Å². The van der Waals surface area contributed by atoms with Gasteiger partial charge in [-0.3, -0.25) is 4.79 Å². The Labute approximate surface area is 97.2 Å². The van der Waals surface area contributed by atoms with Gasteiger partial charge in [0.25, 0.3) is 0 Å². The lowest BCUT2D eigenvalue weighted by Gasteiger charge is -2.25. The zero-order valence-electron chi connectivity index (χ0n) is 8.92. The van der Waals surface area contributed by atoms with Crippen molar-refractivity contribution in [3.63, 3.8) is 0 Å². The quantitative estimate of drug-likeness (QED) is 0.786. The third kappa shape index (κ3) is 3.62. The summed E-state index contributed by atoms with van der Waals surface area (Å²) in [6.45, 7) is 3.40. The molecule has 0 aromatic carbocycles. The molecular formula is C9H12ClFN4O. The molecule has 0 unspecified atom stereocenters. The Hall–Kier alpha value is -1.43. The summed E-state index contributed by atoms with van der Waals surface area (Å²) in [6, 6.07) is 0. The monoisotopic (exact) mass is 246 g/mol. The molecule has 16 heavy (non-hydrogen) atoms. The van der Waals surface area contributed by atoms with E-state index in [0.29, 0.717) is 0 Å². The zero-order chi connectivity index (χ0) is 12.3. The van der Waals surface area contributed by atoms with Gasteiger partial charge in [0.05, 0.1) is 6.20 Å². The summed E-state index contributed by atoms with van der Waals surface area (Å²) < 4.78 is 13.3. The molecule has 0 aliphatic heterocycles. The second-order valence-corrected chi connectivity index (χ2v) is 4.33. The summed E-state index contributed by atoms with van der Waals surface area (Å²) in [5, 5.41) is 2.68. The van der Waals surface area contributed by atoms with Gasteiger partial charge in [0, 0.05) is 12.0 Å². The number of rotatable bonds is 4. The molecule has 0 atom stereocenters. The number of primary amides is 1. The van der Waals surface area contributed by atoms with Crippen molar-refractivity contribution < 1.29 is 9.18 Å². The van der Waals surface area contributed by atoms with Crippen LogP contribution in [-0.2, 0) is 4.79 Å². The van der Waals surface area contributed by atoms with Crippen LogP contribution in [0.3, 0.4) is 0 Å². The number of anilines is 1. The molecule has 0 radical (unpaired) electrons. The maximum Gasteiger partial charge on any atom is 0.224 e. The number of amides is 1. The molecule has 0 spiro atoms. The Kier molecular flexibility index (Phi) is 3.64. The first kappa shape index (κ1) is 12.6. The molecule has 1 aromatic rings. The molecule has 0 aliphatic rings. The fourth-order valence-corrected chi connectivity index (χ4v) is 1.37. The first-order chi connectivity index (χ1) is 7.30. The van der Waals surface area contributed by atoms with E-state index in [1.165, 1.54) is 0 Å². The van der Waals surface area contributed by atoms with Crippen LogP contribution in [-0.4, -0.2) is 21.4 Å². The van der Waals surface area contributed by atoms with Gasteiger partial charge in [0.2, 0.25) is 11.2 Å². The van der Waals surface area contributed by atoms with Gasteiger partial charge in [0.15, 0.2) is 11.6 Å². The largest absolute Gasteiger partial charge is 0.370 e. The molecule has 0 saturated carbocycles. The lowest BCUT2D eigenvalue weighted by atomic mass is 10.0. The van der Waals surface area contributed by atoms with E-state index in [1.54, 1.807) is 13.8 Å². The zero-order valence-corrected chi connectivity index (χ0v) is 9.68. The van der Waals surface area contributed by atoms with E-state index < -0.39 is 17.3 Å². The smallest absolute Gasteiger partial charge is 0.224 e. The summed E-state index contributed by atoms with van der Waals surface area (Å²) in [6.07, 6.45) is 1.01. The maximum absolute atomic E-state index is 13.3. The van der Waals surface area contributed by atoms with Gasteiger partial charge >= 0.3 is 0 Å². The Bertz CT molecular complexity index is 410. The molecule has 1 aromatic heterocycles. The van der Waals surface area contributed by atoms with E-state index in [4.69, 9.17) is 17.3 Å². The number of nitrogens with zero attached hydrogens (tertiary/aromatic N) is 2. The number of hydrogen-bond acceptors (Lipinski definition) is 4. The van der Waals surface area contributed by atoms with Crippen molar-refractivity contribution in [2.24, 2.45) is 5.73 Å². The minimum absolute atomic E-state index is 0.0497. The standard InChI is InChI=1S/C9H12ClFN4O/c1-9(2,3-6(12)16)15-7-5(11)4-13-8(10)14-7/h4H,3H2,1-2H3,(H2,12,16)(H,13,14,15). The Morgan fingerprint density at radius 3 is 2.88 bits per heavy atom. The van der Waals surface area contributed by atoms with Crippen molar-refractivity contribution in [3.05, 3.63) is 17.3 Å². The average Bonchev–Trinajstić information content (AvgIpc) is 2.08. The van der Waals surface area contributed by atoms with E-state index in [-0.39, 0.29) is 17.5 Å². The van der Waals surface area contributed by atoms with Crippen LogP contribution in [0.15, 0.2) is 6.20 Å². The van der Waals surface area contributed by atoms with Crippen LogP contribution in [0.4, 0.5) is 10.2 Å². The fraction of sp³-hybridized carbons (Fsp3) is 0.444. The highest BCUT2D eigenvalue weighted by Crippen LogP contribution is 2.19. The second kappa shape index (κ2) is 4.61. The normalized spacial score (nSPS) is 11.2. The molecule has 1 rings (SSSR count). The third-order valence-corrected chi connectivity index (χ3v) is 1.97. The number of nitrogens with two attached hydrogens (primary N) is 1. The van der Waals surface area contributed by atoms with Crippen LogP contribution in [0, 0.1) is 5.82 Å². The Balaban J connectivity index is 2.86. The van der Waals surface area contributed by atoms with Crippen molar-refractivity contribution in [2.75, 3.05) is 5.32 Å². The number of carbonyl (C=O) groups is 1. The molecular weight excluding hydrogens is 235 g/mol. The summed E-state index contributed by atoms with van der Waals surface area (Å²) in [7, 11) is 0. The third-order valence-electron chi connectivity index (χ3n) is 1.79. The van der Waals surface area contributed by atoms with Gasteiger partial charge in [0.1, 0.15) is 0 Å². The number of halogens is 2. The van der Waals surface area contributed by atoms with Crippen molar-refractivity contribution in [2.45, 2.75) is 25.8 Å². The first-order valence-corrected chi connectivity index (χ1v) is 4.92. The summed E-state index contributed by atoms with van der Waals surface area (Å²) in [5.41, 5.74) is 4.36. The van der Waals surface area contributed by atoms with E-state index >= 15 is 0 Å². The molecule has 0 saturated heterocycles. The van der Waals surface area contributed by atoms with E-state index in [9.17, 15) is 9.18 Å². The van der Waals surface area contributed by atoms with Crippen LogP contribution in [0.5, 0.6) is 0 Å². The predicted molar refractivity (Wildman–Crippen MR) is 58.5 cm³/mol. The minimum Gasteiger partial charge on any atom is -0.370 e. The second-order valence-electron chi connectivity index (χ2n) is 3.99. The number of carbonyl (C=O) groups excluding carboxylic acids is 1. The number of hydrogen-bond donors (Lipinski definition) is 2. The van der Waals surface area contributed by atoms with E-state index in [0.717, 1.165) is 6.20 Å². The van der Waals surface area contributed by atoms with Crippen LogP contribution in [0.2, 0.25) is 5.28 Å². The SMILES string of the molecule is CC(C)(CC(N)=O)Nc1nc(Cl)ncc1F. The lowest BCUT2D eigenvalue weighted by Crippen LogP contribution is -2.36. The van der Waals surface area contributed by atoms with Crippen molar-refractivity contribution in [3.8, 4) is 0 Å². The minimum atomic E-state index is -0.704. The van der Waals surface area contributed by atoms with Crippen LogP contribution in [0.25, 0.3) is 0 Å². The Morgan fingerprint density at radius 1 is 1.69 bits per heavy atom. The predicted octanol–water partition coefficient (Wildman–Crippen LogP) is 1.33. The van der Waals surface area contributed by atoms with E-state index in [1.807, 2.05) is 0 Å². The van der Waals surface area contributed by atoms with Crippen LogP contribution >= 0.6 is 11.6 Å². The van der Waals surface area contributed by atoms with Crippen LogP contribution in [0.1, 0.15) is 20.3 Å². The van der Waals surface area contributed by atoms with Crippen molar-refractivity contribution >= 4 is 23.3 Å². The number of nitrogens with one attached hydrogen (secondary N) is 1. The van der Waals surface area contributed by atoms with Crippen molar-refractivity contribution in [1.82, 2.24) is 9.97 Å². The maximum atomic E-state index is 13.3. The first-order valence-electron chi connectivity index (χ1n) is 4.55. The molecule has 5 nitrogen and oxygen atoms in total. The molecule has 1 amide bonds. The Morgan fingerprint density at radius 2 is 2.31 bits per heavy atom. The summed E-state index contributed by atoms with van der Waals surface area (Å²) in [4.78, 5) is 17.9. The van der Waals surface area contributed by atoms with Crippen molar-refractivity contribution in [1.29, 1.82) is 0 Å². The molecule has 0 aliphatic carbocycles. The highest BCUT2D eigenvalue weighted by molar-refractivity contribution is 6.28.